The zero-order valence-electron chi connectivity index (χ0n) is 11.0. The summed E-state index contributed by atoms with van der Waals surface area (Å²) < 4.78 is 38.2. The molecule has 0 atom stereocenters. The fourth-order valence-corrected chi connectivity index (χ4v) is 2.80. The number of halogens is 3. The molecule has 0 aromatic heterocycles. The Bertz CT molecular complexity index is 633. The number of imide groups is 1. The minimum absolute atomic E-state index is 0.0192. The summed E-state index contributed by atoms with van der Waals surface area (Å²) in [6.07, 6.45) is -1.80. The Morgan fingerprint density at radius 2 is 1.52 bits per heavy atom. The fourth-order valence-electron chi connectivity index (χ4n) is 2.80. The number of nitrogens with zero attached hydrogens (tertiary/aromatic N) is 1. The van der Waals surface area contributed by atoms with Gasteiger partial charge in [-0.05, 0) is 43.9 Å². The van der Waals surface area contributed by atoms with Gasteiger partial charge >= 0.3 is 6.18 Å². The number of amides is 2. The van der Waals surface area contributed by atoms with Crippen LogP contribution in [0.1, 0.15) is 31.2 Å². The van der Waals surface area contributed by atoms with Crippen molar-refractivity contribution in [1.29, 1.82) is 0 Å². The molecule has 0 radical (unpaired) electrons. The first-order valence-electron chi connectivity index (χ1n) is 6.67. The predicted molar refractivity (Wildman–Crippen MR) is 69.4 cm³/mol. The highest BCUT2D eigenvalue weighted by Crippen LogP contribution is 2.37. The van der Waals surface area contributed by atoms with E-state index < -0.39 is 23.6 Å². The van der Waals surface area contributed by atoms with E-state index in [0.29, 0.717) is 24.0 Å². The van der Waals surface area contributed by atoms with Crippen molar-refractivity contribution in [2.24, 2.45) is 0 Å². The van der Waals surface area contributed by atoms with Gasteiger partial charge in [0.25, 0.3) is 11.8 Å². The lowest BCUT2D eigenvalue weighted by molar-refractivity contribution is -0.137. The molecule has 1 aliphatic heterocycles. The van der Waals surface area contributed by atoms with Crippen LogP contribution in [0.25, 0.3) is 0 Å². The summed E-state index contributed by atoms with van der Waals surface area (Å²) in [6, 6.07) is 4.32. The number of carbonyl (C=O) groups is 2. The molecule has 110 valence electrons. The highest BCUT2D eigenvalue weighted by molar-refractivity contribution is 6.33. The first-order valence-corrected chi connectivity index (χ1v) is 6.67. The van der Waals surface area contributed by atoms with E-state index in [0.717, 1.165) is 29.9 Å². The molecule has 0 N–H and O–H groups in total. The maximum Gasteiger partial charge on any atom is 0.416 e. The molecule has 0 saturated heterocycles. The average molecular weight is 295 g/mol. The van der Waals surface area contributed by atoms with Gasteiger partial charge in [-0.15, -0.1) is 0 Å². The minimum Gasteiger partial charge on any atom is -0.269 e. The van der Waals surface area contributed by atoms with E-state index in [4.69, 9.17) is 0 Å². The van der Waals surface area contributed by atoms with Gasteiger partial charge in [-0.25, -0.2) is 4.90 Å². The van der Waals surface area contributed by atoms with E-state index in [1.807, 2.05) is 0 Å². The van der Waals surface area contributed by atoms with Crippen molar-refractivity contribution in [2.75, 3.05) is 4.90 Å². The van der Waals surface area contributed by atoms with Crippen LogP contribution in [-0.4, -0.2) is 11.8 Å². The standard InChI is InChI=1S/C15H12F3NO2/c16-15(17,18)9-4-3-5-10(8-9)19-13(20)11-6-1-2-7-12(11)14(19)21/h3-5,8H,1-2,6-7H2. The molecule has 2 amide bonds. The van der Waals surface area contributed by atoms with Gasteiger partial charge in [0.05, 0.1) is 11.3 Å². The summed E-state index contributed by atoms with van der Waals surface area (Å²) in [5.41, 5.74) is 0.0343. The molecule has 0 unspecified atom stereocenters. The smallest absolute Gasteiger partial charge is 0.269 e. The molecule has 1 heterocycles. The topological polar surface area (TPSA) is 37.4 Å². The number of rotatable bonds is 1. The third kappa shape index (κ3) is 2.24. The quantitative estimate of drug-likeness (QED) is 0.744. The van der Waals surface area contributed by atoms with Gasteiger partial charge in [-0.1, -0.05) is 6.07 Å². The van der Waals surface area contributed by atoms with Crippen LogP contribution >= 0.6 is 0 Å². The molecule has 2 aliphatic rings. The summed E-state index contributed by atoms with van der Waals surface area (Å²) in [6.45, 7) is 0. The molecule has 1 aromatic carbocycles. The van der Waals surface area contributed by atoms with Crippen molar-refractivity contribution < 1.29 is 22.8 Å². The molecule has 21 heavy (non-hydrogen) atoms. The van der Waals surface area contributed by atoms with E-state index >= 15 is 0 Å². The number of hydrogen-bond donors (Lipinski definition) is 0. The number of benzene rings is 1. The lowest BCUT2D eigenvalue weighted by Crippen LogP contribution is -2.31. The van der Waals surface area contributed by atoms with Gasteiger partial charge in [-0.2, -0.15) is 13.2 Å². The van der Waals surface area contributed by atoms with E-state index in [2.05, 4.69) is 0 Å². The summed E-state index contributed by atoms with van der Waals surface area (Å²) in [5.74, 6) is -0.956. The van der Waals surface area contributed by atoms with Gasteiger partial charge in [0.1, 0.15) is 0 Å². The fraction of sp³-hybridized carbons (Fsp3) is 0.333. The van der Waals surface area contributed by atoms with Crippen LogP contribution in [0.4, 0.5) is 18.9 Å². The van der Waals surface area contributed by atoms with Gasteiger partial charge < -0.3 is 0 Å². The number of alkyl halides is 3. The first-order chi connectivity index (χ1) is 9.89. The molecule has 3 nitrogen and oxygen atoms in total. The highest BCUT2D eigenvalue weighted by Gasteiger charge is 2.40. The van der Waals surface area contributed by atoms with Crippen LogP contribution < -0.4 is 4.90 Å². The monoisotopic (exact) mass is 295 g/mol. The second-order valence-electron chi connectivity index (χ2n) is 5.16. The van der Waals surface area contributed by atoms with Crippen molar-refractivity contribution in [3.05, 3.63) is 41.0 Å². The first kappa shape index (κ1) is 13.9. The van der Waals surface area contributed by atoms with Crippen LogP contribution in [0, 0.1) is 0 Å². The third-order valence-electron chi connectivity index (χ3n) is 3.82. The van der Waals surface area contributed by atoms with Gasteiger partial charge in [-0.3, -0.25) is 9.59 Å². The summed E-state index contributed by atoms with van der Waals surface area (Å²) in [7, 11) is 0. The lowest BCUT2D eigenvalue weighted by Gasteiger charge is -2.17. The lowest BCUT2D eigenvalue weighted by atomic mass is 9.93. The Morgan fingerprint density at radius 1 is 0.952 bits per heavy atom. The Kier molecular flexibility index (Phi) is 3.11. The zero-order chi connectivity index (χ0) is 15.2. The second-order valence-corrected chi connectivity index (χ2v) is 5.16. The van der Waals surface area contributed by atoms with Crippen molar-refractivity contribution in [1.82, 2.24) is 0 Å². The second kappa shape index (κ2) is 4.72. The van der Waals surface area contributed by atoms with Crippen LogP contribution in [0.2, 0.25) is 0 Å². The molecule has 0 saturated carbocycles. The number of hydrogen-bond acceptors (Lipinski definition) is 2. The van der Waals surface area contributed by atoms with Crippen LogP contribution in [0.3, 0.4) is 0 Å². The van der Waals surface area contributed by atoms with Gasteiger partial charge in [0.15, 0.2) is 0 Å². The maximum atomic E-state index is 12.7. The van der Waals surface area contributed by atoms with Gasteiger partial charge in [0.2, 0.25) is 0 Å². The van der Waals surface area contributed by atoms with E-state index in [9.17, 15) is 22.8 Å². The Morgan fingerprint density at radius 3 is 2.05 bits per heavy atom. The summed E-state index contributed by atoms with van der Waals surface area (Å²) in [4.78, 5) is 25.4. The maximum absolute atomic E-state index is 12.7. The van der Waals surface area contributed by atoms with E-state index in [1.165, 1.54) is 12.1 Å². The van der Waals surface area contributed by atoms with Gasteiger partial charge in [0, 0.05) is 11.1 Å². The van der Waals surface area contributed by atoms with E-state index in [-0.39, 0.29) is 5.69 Å². The molecule has 6 heteroatoms. The number of carbonyl (C=O) groups excluding carboxylic acids is 2. The molecule has 3 rings (SSSR count). The molecule has 0 fully saturated rings. The Hall–Kier alpha value is -2.11. The largest absolute Gasteiger partial charge is 0.416 e. The van der Waals surface area contributed by atoms with E-state index in [1.54, 1.807) is 0 Å². The van der Waals surface area contributed by atoms with Crippen molar-refractivity contribution in [3.63, 3.8) is 0 Å². The average Bonchev–Trinajstić information content (AvgIpc) is 2.71. The molecule has 0 bridgehead atoms. The molecular formula is C15H12F3NO2. The molecule has 1 aromatic rings. The molecular weight excluding hydrogens is 283 g/mol. The third-order valence-corrected chi connectivity index (χ3v) is 3.82. The minimum atomic E-state index is -4.51. The summed E-state index contributed by atoms with van der Waals surface area (Å²) >= 11 is 0. The highest BCUT2D eigenvalue weighted by atomic mass is 19.4. The number of anilines is 1. The predicted octanol–water partition coefficient (Wildman–Crippen LogP) is 3.45. The van der Waals surface area contributed by atoms with Crippen LogP contribution in [-0.2, 0) is 15.8 Å². The van der Waals surface area contributed by atoms with Crippen molar-refractivity contribution >= 4 is 17.5 Å². The SMILES string of the molecule is O=C1C2=C(CCCC2)C(=O)N1c1cccc(C(F)(F)F)c1. The van der Waals surface area contributed by atoms with Crippen molar-refractivity contribution in [3.8, 4) is 0 Å². The van der Waals surface area contributed by atoms with Crippen molar-refractivity contribution in [2.45, 2.75) is 31.9 Å². The summed E-state index contributed by atoms with van der Waals surface area (Å²) in [5, 5.41) is 0. The molecule has 0 spiro atoms. The molecule has 1 aliphatic carbocycles. The Balaban J connectivity index is 1.99. The van der Waals surface area contributed by atoms with Crippen LogP contribution in [0.5, 0.6) is 0 Å². The van der Waals surface area contributed by atoms with Crippen LogP contribution in [0.15, 0.2) is 35.4 Å². The normalized spacial score (nSPS) is 19.3. The zero-order valence-corrected chi connectivity index (χ0v) is 11.0. The Labute approximate surface area is 119 Å².